The highest BCUT2D eigenvalue weighted by Gasteiger charge is 2.15. The molecule has 0 heterocycles. The van der Waals surface area contributed by atoms with Gasteiger partial charge in [-0.25, -0.2) is 0 Å². The summed E-state index contributed by atoms with van der Waals surface area (Å²) in [5.74, 6) is -0.129. The van der Waals surface area contributed by atoms with E-state index in [1.165, 1.54) is 13.2 Å². The number of halogens is 1. The molecule has 2 N–H and O–H groups in total. The van der Waals surface area contributed by atoms with E-state index in [0.29, 0.717) is 28.1 Å². The Morgan fingerprint density at radius 2 is 1.83 bits per heavy atom. The van der Waals surface area contributed by atoms with E-state index in [2.05, 4.69) is 26.6 Å². The van der Waals surface area contributed by atoms with E-state index in [1.54, 1.807) is 12.1 Å². The van der Waals surface area contributed by atoms with Crippen LogP contribution in [0.1, 0.15) is 22.3 Å². The molecule has 0 bridgehead atoms. The molecule has 36 heavy (non-hydrogen) atoms. The van der Waals surface area contributed by atoms with Gasteiger partial charge >= 0.3 is 0 Å². The Morgan fingerprint density at radius 1 is 1.08 bits per heavy atom. The van der Waals surface area contributed by atoms with Crippen LogP contribution in [0.15, 0.2) is 70.7 Å². The summed E-state index contributed by atoms with van der Waals surface area (Å²) in [6.45, 7) is 3.99. The molecule has 0 spiro atoms. The number of nitrogens with zero attached hydrogens (tertiary/aromatic N) is 1. The first-order chi connectivity index (χ1) is 17.3. The lowest BCUT2D eigenvalue weighted by molar-refractivity contribution is -0.118. The van der Waals surface area contributed by atoms with Gasteiger partial charge in [0.2, 0.25) is 0 Å². The van der Waals surface area contributed by atoms with Crippen molar-refractivity contribution < 1.29 is 19.1 Å². The Bertz CT molecular complexity index is 1330. The van der Waals surface area contributed by atoms with Crippen LogP contribution in [-0.2, 0) is 16.1 Å². The minimum atomic E-state index is -0.486. The predicted molar refractivity (Wildman–Crippen MR) is 143 cm³/mol. The molecule has 0 saturated carbocycles. The third kappa shape index (κ3) is 7.20. The van der Waals surface area contributed by atoms with Gasteiger partial charge < -0.3 is 20.1 Å². The zero-order chi connectivity index (χ0) is 26.1. The molecule has 0 aliphatic rings. The van der Waals surface area contributed by atoms with Crippen molar-refractivity contribution >= 4 is 39.5 Å². The number of rotatable bonds is 9. The third-order valence-corrected chi connectivity index (χ3v) is 5.82. The highest BCUT2D eigenvalue weighted by atomic mass is 79.9. The molecule has 184 valence electrons. The predicted octanol–water partition coefficient (Wildman–Crippen LogP) is 5.32. The normalized spacial score (nSPS) is 10.8. The summed E-state index contributed by atoms with van der Waals surface area (Å²) in [4.78, 5) is 25.0. The van der Waals surface area contributed by atoms with Crippen LogP contribution in [0, 0.1) is 25.2 Å². The van der Waals surface area contributed by atoms with Crippen molar-refractivity contribution in [3.05, 3.63) is 93.0 Å². The Hall–Kier alpha value is -4.09. The van der Waals surface area contributed by atoms with Gasteiger partial charge in [0.1, 0.15) is 11.6 Å². The fourth-order valence-corrected chi connectivity index (χ4v) is 4.00. The highest BCUT2D eigenvalue weighted by molar-refractivity contribution is 9.10. The number of hydrogen-bond acceptors (Lipinski definition) is 5. The van der Waals surface area contributed by atoms with E-state index in [9.17, 15) is 14.9 Å². The van der Waals surface area contributed by atoms with Gasteiger partial charge in [0.25, 0.3) is 11.8 Å². The van der Waals surface area contributed by atoms with Gasteiger partial charge in [-0.1, -0.05) is 48.0 Å². The Labute approximate surface area is 218 Å². The maximum absolute atomic E-state index is 12.5. The molecule has 0 aliphatic carbocycles. The summed E-state index contributed by atoms with van der Waals surface area (Å²) in [5.41, 5.74) is 4.21. The average molecular weight is 548 g/mol. The molecule has 2 amide bonds. The fourth-order valence-electron chi connectivity index (χ4n) is 3.43. The molecular formula is C28H26BrN3O4. The molecule has 0 saturated heterocycles. The van der Waals surface area contributed by atoms with Crippen LogP contribution in [0.5, 0.6) is 11.5 Å². The van der Waals surface area contributed by atoms with Crippen molar-refractivity contribution in [3.63, 3.8) is 0 Å². The monoisotopic (exact) mass is 547 g/mol. The smallest absolute Gasteiger partial charge is 0.262 e. The van der Waals surface area contributed by atoms with E-state index < -0.39 is 5.91 Å². The molecule has 0 aromatic heterocycles. The molecule has 0 atom stereocenters. The Balaban J connectivity index is 1.70. The zero-order valence-electron chi connectivity index (χ0n) is 20.2. The number of nitrogens with one attached hydrogen (secondary N) is 2. The van der Waals surface area contributed by atoms with Gasteiger partial charge in [-0.3, -0.25) is 9.59 Å². The first-order valence-electron chi connectivity index (χ1n) is 11.1. The number of nitriles is 1. The lowest BCUT2D eigenvalue weighted by Gasteiger charge is -2.14. The molecule has 3 aromatic carbocycles. The van der Waals surface area contributed by atoms with Crippen LogP contribution < -0.4 is 20.1 Å². The first kappa shape index (κ1) is 26.5. The molecule has 0 unspecified atom stereocenters. The van der Waals surface area contributed by atoms with Gasteiger partial charge in [0.15, 0.2) is 18.1 Å². The number of anilines is 1. The van der Waals surface area contributed by atoms with Crippen molar-refractivity contribution in [2.24, 2.45) is 0 Å². The molecule has 3 aromatic rings. The number of benzene rings is 3. The maximum Gasteiger partial charge on any atom is 0.262 e. The number of carbonyl (C=O) groups excluding carboxylic acids is 2. The molecule has 8 heteroatoms. The molecule has 7 nitrogen and oxygen atoms in total. The fraction of sp³-hybridized carbons (Fsp3) is 0.179. The summed E-state index contributed by atoms with van der Waals surface area (Å²) in [5, 5.41) is 15.1. The van der Waals surface area contributed by atoms with Crippen LogP contribution in [0.4, 0.5) is 5.69 Å². The molecule has 0 fully saturated rings. The number of methoxy groups -OCH3 is 1. The largest absolute Gasteiger partial charge is 0.493 e. The van der Waals surface area contributed by atoms with Crippen LogP contribution in [0.25, 0.3) is 6.08 Å². The van der Waals surface area contributed by atoms with E-state index in [-0.39, 0.29) is 18.1 Å². The lowest BCUT2D eigenvalue weighted by atomic mass is 10.1. The summed E-state index contributed by atoms with van der Waals surface area (Å²) < 4.78 is 11.7. The summed E-state index contributed by atoms with van der Waals surface area (Å²) in [7, 11) is 1.47. The minimum Gasteiger partial charge on any atom is -0.493 e. The van der Waals surface area contributed by atoms with E-state index in [4.69, 9.17) is 9.47 Å². The summed E-state index contributed by atoms with van der Waals surface area (Å²) in [6.07, 6.45) is 1.46. The summed E-state index contributed by atoms with van der Waals surface area (Å²) >= 11 is 3.44. The van der Waals surface area contributed by atoms with Gasteiger partial charge in [0, 0.05) is 12.2 Å². The topological polar surface area (TPSA) is 100 Å². The van der Waals surface area contributed by atoms with Crippen molar-refractivity contribution in [1.29, 1.82) is 5.26 Å². The third-order valence-electron chi connectivity index (χ3n) is 5.23. The highest BCUT2D eigenvalue weighted by Crippen LogP contribution is 2.37. The number of ether oxygens (including phenoxy) is 2. The van der Waals surface area contributed by atoms with Gasteiger partial charge in [-0.15, -0.1) is 0 Å². The van der Waals surface area contributed by atoms with E-state index in [0.717, 1.165) is 22.4 Å². The molecular weight excluding hydrogens is 522 g/mol. The molecule has 0 aliphatic heterocycles. The van der Waals surface area contributed by atoms with Gasteiger partial charge in [-0.2, -0.15) is 5.26 Å². The van der Waals surface area contributed by atoms with Crippen molar-refractivity contribution in [3.8, 4) is 17.6 Å². The van der Waals surface area contributed by atoms with Crippen molar-refractivity contribution in [2.45, 2.75) is 20.4 Å². The molecule has 0 radical (unpaired) electrons. The molecule has 3 rings (SSSR count). The van der Waals surface area contributed by atoms with Crippen molar-refractivity contribution in [2.75, 3.05) is 19.0 Å². The average Bonchev–Trinajstić information content (AvgIpc) is 2.87. The number of hydrogen-bond donors (Lipinski definition) is 2. The van der Waals surface area contributed by atoms with Crippen molar-refractivity contribution in [1.82, 2.24) is 5.32 Å². The number of carbonyl (C=O) groups is 2. The second kappa shape index (κ2) is 12.6. The van der Waals surface area contributed by atoms with Gasteiger partial charge in [-0.05, 0) is 70.7 Å². The van der Waals surface area contributed by atoms with Gasteiger partial charge in [0.05, 0.1) is 11.6 Å². The van der Waals surface area contributed by atoms with E-state index >= 15 is 0 Å². The Morgan fingerprint density at radius 3 is 2.50 bits per heavy atom. The number of aryl methyl sites for hydroxylation is 2. The Kier molecular flexibility index (Phi) is 9.25. The van der Waals surface area contributed by atoms with E-state index in [1.807, 2.05) is 68.4 Å². The standard InChI is InChI=1S/C28H26BrN3O4/c1-18-9-10-24(19(2)11-18)32-26(33)17-36-27-23(29)13-21(14-25(27)35-3)12-22(15-30)28(34)31-16-20-7-5-4-6-8-20/h4-14H,16-17H2,1-3H3,(H,31,34)(H,32,33)/b22-12+. The zero-order valence-corrected chi connectivity index (χ0v) is 21.8. The summed E-state index contributed by atoms with van der Waals surface area (Å²) in [6, 6.07) is 20.4. The second-order valence-corrected chi connectivity index (χ2v) is 8.88. The minimum absolute atomic E-state index is 0.0543. The van der Waals surface area contributed by atoms with Crippen LogP contribution in [0.2, 0.25) is 0 Å². The SMILES string of the molecule is COc1cc(/C=C(\C#N)C(=O)NCc2ccccc2)cc(Br)c1OCC(=O)Nc1ccc(C)cc1C. The quantitative estimate of drug-likeness (QED) is 0.279. The lowest BCUT2D eigenvalue weighted by Crippen LogP contribution is -2.23. The van der Waals surface area contributed by atoms with Crippen LogP contribution in [0.3, 0.4) is 0 Å². The van der Waals surface area contributed by atoms with Crippen LogP contribution >= 0.6 is 15.9 Å². The first-order valence-corrected chi connectivity index (χ1v) is 11.9. The van der Waals surface area contributed by atoms with Crippen LogP contribution in [-0.4, -0.2) is 25.5 Å². The second-order valence-electron chi connectivity index (χ2n) is 8.03. The maximum atomic E-state index is 12.5. The number of amides is 2.